The van der Waals surface area contributed by atoms with Crippen molar-refractivity contribution < 1.29 is 27.5 Å². The predicted molar refractivity (Wildman–Crippen MR) is 91.1 cm³/mol. The highest BCUT2D eigenvalue weighted by molar-refractivity contribution is 6.30. The van der Waals surface area contributed by atoms with Gasteiger partial charge in [-0.2, -0.15) is 13.2 Å². The predicted octanol–water partition coefficient (Wildman–Crippen LogP) is 4.96. The van der Waals surface area contributed by atoms with Gasteiger partial charge in [-0.05, 0) is 55.3 Å². The summed E-state index contributed by atoms with van der Waals surface area (Å²) in [5.74, 6) is -2.33. The Bertz CT molecular complexity index is 768. The first-order valence-electron chi connectivity index (χ1n) is 7.85. The Labute approximate surface area is 153 Å². The molecule has 0 heterocycles. The maximum atomic E-state index is 12.7. The van der Waals surface area contributed by atoms with Gasteiger partial charge in [-0.3, -0.25) is 9.59 Å². The van der Waals surface area contributed by atoms with Gasteiger partial charge >= 0.3 is 12.1 Å². The fourth-order valence-electron chi connectivity index (χ4n) is 2.41. The zero-order valence-corrected chi connectivity index (χ0v) is 14.6. The van der Waals surface area contributed by atoms with E-state index in [0.717, 1.165) is 12.1 Å². The molecule has 1 atom stereocenters. The van der Waals surface area contributed by atoms with Crippen molar-refractivity contribution >= 4 is 23.4 Å². The van der Waals surface area contributed by atoms with Crippen LogP contribution < -0.4 is 0 Å². The van der Waals surface area contributed by atoms with Gasteiger partial charge in [-0.1, -0.05) is 23.7 Å². The summed E-state index contributed by atoms with van der Waals surface area (Å²) in [6.45, 7) is 1.70. The molecule has 0 radical (unpaired) electrons. The summed E-state index contributed by atoms with van der Waals surface area (Å²) < 4.78 is 42.9. The Balaban J connectivity index is 2.26. The van der Waals surface area contributed by atoms with Crippen molar-refractivity contribution in [1.82, 2.24) is 0 Å². The Morgan fingerprint density at radius 1 is 1.04 bits per heavy atom. The van der Waals surface area contributed by atoms with E-state index in [2.05, 4.69) is 0 Å². The molecule has 0 saturated heterocycles. The minimum atomic E-state index is -4.45. The van der Waals surface area contributed by atoms with Gasteiger partial charge in [0, 0.05) is 10.6 Å². The number of esters is 1. The number of ether oxygens (including phenoxy) is 1. The van der Waals surface area contributed by atoms with E-state index in [1.807, 2.05) is 0 Å². The third-order valence-corrected chi connectivity index (χ3v) is 3.99. The van der Waals surface area contributed by atoms with E-state index in [9.17, 15) is 22.8 Å². The summed E-state index contributed by atoms with van der Waals surface area (Å²) in [5, 5.41) is 0.442. The van der Waals surface area contributed by atoms with E-state index < -0.39 is 29.4 Å². The van der Waals surface area contributed by atoms with E-state index in [0.29, 0.717) is 10.6 Å². The molecule has 0 spiro atoms. The van der Waals surface area contributed by atoms with E-state index in [1.165, 1.54) is 36.4 Å². The smallest absolute Gasteiger partial charge is 0.416 e. The third kappa shape index (κ3) is 5.08. The van der Waals surface area contributed by atoms with Gasteiger partial charge < -0.3 is 4.74 Å². The normalized spacial score (nSPS) is 12.5. The number of ketones is 1. The number of Topliss-reactive ketones (excluding diaryl/α,β-unsaturated/α-hetero) is 1. The van der Waals surface area contributed by atoms with Crippen molar-refractivity contribution in [2.75, 3.05) is 6.61 Å². The van der Waals surface area contributed by atoms with Gasteiger partial charge in [0.1, 0.15) is 5.92 Å². The average Bonchev–Trinajstić information content (AvgIpc) is 2.59. The molecule has 2 aromatic carbocycles. The first-order valence-corrected chi connectivity index (χ1v) is 8.22. The molecule has 138 valence electrons. The number of alkyl halides is 3. The van der Waals surface area contributed by atoms with Gasteiger partial charge in [-0.25, -0.2) is 0 Å². The van der Waals surface area contributed by atoms with Crippen LogP contribution in [0.3, 0.4) is 0 Å². The van der Waals surface area contributed by atoms with E-state index in [1.54, 1.807) is 6.92 Å². The number of hydrogen-bond donors (Lipinski definition) is 0. The van der Waals surface area contributed by atoms with Crippen LogP contribution in [0, 0.1) is 5.92 Å². The number of carbonyl (C=O) groups is 2. The summed E-state index contributed by atoms with van der Waals surface area (Å²) in [6, 6.07) is 10.4. The highest BCUT2D eigenvalue weighted by Gasteiger charge is 2.32. The fourth-order valence-corrected chi connectivity index (χ4v) is 2.53. The van der Waals surface area contributed by atoms with Crippen LogP contribution >= 0.6 is 11.6 Å². The second kappa shape index (κ2) is 8.36. The molecule has 0 saturated carbocycles. The van der Waals surface area contributed by atoms with Gasteiger partial charge in [0.25, 0.3) is 0 Å². The van der Waals surface area contributed by atoms with Crippen molar-refractivity contribution in [2.45, 2.75) is 19.5 Å². The summed E-state index contributed by atoms with van der Waals surface area (Å²) in [4.78, 5) is 24.9. The van der Waals surface area contributed by atoms with E-state index in [-0.39, 0.29) is 18.6 Å². The lowest BCUT2D eigenvalue weighted by Crippen LogP contribution is -2.28. The second-order valence-electron chi connectivity index (χ2n) is 5.57. The van der Waals surface area contributed by atoms with Gasteiger partial charge in [0.05, 0.1) is 12.2 Å². The minimum absolute atomic E-state index is 0.0571. The van der Waals surface area contributed by atoms with E-state index in [4.69, 9.17) is 16.3 Å². The number of benzene rings is 2. The highest BCUT2D eigenvalue weighted by Crippen LogP contribution is 2.29. The van der Waals surface area contributed by atoms with Crippen LogP contribution in [0.15, 0.2) is 48.5 Å². The zero-order valence-electron chi connectivity index (χ0n) is 13.8. The summed E-state index contributed by atoms with van der Waals surface area (Å²) >= 11 is 5.79. The lowest BCUT2D eigenvalue weighted by Gasteiger charge is -2.15. The highest BCUT2D eigenvalue weighted by atomic mass is 35.5. The van der Waals surface area contributed by atoms with Crippen molar-refractivity contribution in [3.8, 4) is 0 Å². The molecule has 0 aliphatic carbocycles. The Morgan fingerprint density at radius 3 is 2.12 bits per heavy atom. The molecule has 3 nitrogen and oxygen atoms in total. The Kier molecular flexibility index (Phi) is 6.42. The molecule has 0 aliphatic rings. The topological polar surface area (TPSA) is 43.4 Å². The average molecular weight is 385 g/mol. The Hall–Kier alpha value is -2.34. The molecule has 0 bridgehead atoms. The zero-order chi connectivity index (χ0) is 19.3. The number of rotatable bonds is 6. The van der Waals surface area contributed by atoms with Crippen LogP contribution in [0.2, 0.25) is 5.02 Å². The van der Waals surface area contributed by atoms with Crippen LogP contribution in [0.1, 0.15) is 28.4 Å². The SMILES string of the molecule is CCOC(=O)C(Cc1ccc(C(F)(F)F)cc1)C(=O)c1ccc(Cl)cc1. The monoisotopic (exact) mass is 384 g/mol. The molecule has 0 aliphatic heterocycles. The molecular weight excluding hydrogens is 369 g/mol. The summed E-state index contributed by atoms with van der Waals surface area (Å²) in [5.41, 5.74) is -0.0873. The number of carbonyl (C=O) groups excluding carboxylic acids is 2. The van der Waals surface area contributed by atoms with Gasteiger partial charge in [-0.15, -0.1) is 0 Å². The van der Waals surface area contributed by atoms with Crippen LogP contribution in [0.4, 0.5) is 13.2 Å². The van der Waals surface area contributed by atoms with E-state index >= 15 is 0 Å². The number of halogens is 4. The first-order chi connectivity index (χ1) is 12.2. The molecule has 7 heteroatoms. The van der Waals surface area contributed by atoms with Crippen molar-refractivity contribution in [1.29, 1.82) is 0 Å². The van der Waals surface area contributed by atoms with Crippen LogP contribution in [-0.4, -0.2) is 18.4 Å². The van der Waals surface area contributed by atoms with Crippen molar-refractivity contribution in [3.63, 3.8) is 0 Å². The molecule has 2 aromatic rings. The van der Waals surface area contributed by atoms with Crippen LogP contribution in [0.25, 0.3) is 0 Å². The van der Waals surface area contributed by atoms with Crippen LogP contribution in [0.5, 0.6) is 0 Å². The molecule has 2 rings (SSSR count). The first kappa shape index (κ1) is 20.0. The quantitative estimate of drug-likeness (QED) is 0.401. The van der Waals surface area contributed by atoms with Crippen LogP contribution in [-0.2, 0) is 22.1 Å². The van der Waals surface area contributed by atoms with Gasteiger partial charge in [0.2, 0.25) is 0 Å². The molecular formula is C19H16ClF3O3. The van der Waals surface area contributed by atoms with Gasteiger partial charge in [0.15, 0.2) is 5.78 Å². The lowest BCUT2D eigenvalue weighted by molar-refractivity contribution is -0.146. The van der Waals surface area contributed by atoms with Crippen molar-refractivity contribution in [2.24, 2.45) is 5.92 Å². The van der Waals surface area contributed by atoms with Crippen molar-refractivity contribution in [3.05, 3.63) is 70.2 Å². The Morgan fingerprint density at radius 2 is 1.62 bits per heavy atom. The molecule has 26 heavy (non-hydrogen) atoms. The molecule has 1 unspecified atom stereocenters. The largest absolute Gasteiger partial charge is 0.465 e. The minimum Gasteiger partial charge on any atom is -0.465 e. The molecule has 0 N–H and O–H groups in total. The third-order valence-electron chi connectivity index (χ3n) is 3.74. The molecule has 0 aromatic heterocycles. The molecule has 0 amide bonds. The number of hydrogen-bond acceptors (Lipinski definition) is 3. The summed E-state index contributed by atoms with van der Waals surface area (Å²) in [6.07, 6.45) is -4.50. The maximum absolute atomic E-state index is 12.7. The molecule has 0 fully saturated rings. The summed E-state index contributed by atoms with van der Waals surface area (Å²) in [7, 11) is 0. The standard InChI is InChI=1S/C19H16ClF3O3/c1-2-26-18(25)16(17(24)13-5-9-15(20)10-6-13)11-12-3-7-14(8-4-12)19(21,22)23/h3-10,16H,2,11H2,1H3. The fraction of sp³-hybridized carbons (Fsp3) is 0.263. The maximum Gasteiger partial charge on any atom is 0.416 e. The lowest BCUT2D eigenvalue weighted by atomic mass is 9.91. The second-order valence-corrected chi connectivity index (χ2v) is 6.01.